The largest absolute Gasteiger partial charge is 0.619 e. The normalized spacial score (nSPS) is 16.2. The molecule has 0 N–H and O–H groups in total. The van der Waals surface area contributed by atoms with E-state index in [1.807, 2.05) is 0 Å². The molecule has 0 amide bonds. The van der Waals surface area contributed by atoms with E-state index in [0.717, 1.165) is 36.4 Å². The van der Waals surface area contributed by atoms with Gasteiger partial charge < -0.3 is 5.21 Å². The number of hydrogen-bond acceptors (Lipinski definition) is 4. The van der Waals surface area contributed by atoms with Gasteiger partial charge in [0, 0.05) is 18.9 Å². The van der Waals surface area contributed by atoms with Crippen LogP contribution >= 0.6 is 0 Å². The van der Waals surface area contributed by atoms with E-state index in [4.69, 9.17) is 0 Å². The fraction of sp³-hybridized carbons (Fsp3) is 0.389. The molecule has 2 aromatic rings. The van der Waals surface area contributed by atoms with Gasteiger partial charge in [0.2, 0.25) is 6.20 Å². The minimum atomic E-state index is -0.315. The number of Topliss-reactive ketones (excluding diaryl/α,β-unsaturated/α-hetero) is 1. The van der Waals surface area contributed by atoms with Crippen molar-refractivity contribution in [3.05, 3.63) is 65.1 Å². The molecule has 1 saturated heterocycles. The number of hydrogen-bond donors (Lipinski definition) is 0. The molecule has 0 unspecified atom stereocenters. The number of rotatable bonds is 5. The number of ketones is 1. The third-order valence-electron chi connectivity index (χ3n) is 4.48. The van der Waals surface area contributed by atoms with Crippen LogP contribution in [0.3, 0.4) is 0 Å². The summed E-state index contributed by atoms with van der Waals surface area (Å²) in [6, 6.07) is 6.44. The van der Waals surface area contributed by atoms with E-state index in [-0.39, 0.29) is 23.9 Å². The monoisotopic (exact) mass is 329 g/mol. The molecule has 1 aromatic carbocycles. The van der Waals surface area contributed by atoms with Crippen molar-refractivity contribution in [1.82, 2.24) is 9.88 Å². The lowest BCUT2D eigenvalue weighted by molar-refractivity contribution is -0.606. The lowest BCUT2D eigenvalue weighted by Gasteiger charge is -2.30. The number of aromatic nitrogens is 2. The van der Waals surface area contributed by atoms with Crippen LogP contribution in [0.2, 0.25) is 0 Å². The van der Waals surface area contributed by atoms with Crippen LogP contribution in [-0.2, 0) is 17.8 Å². The fourth-order valence-electron chi connectivity index (χ4n) is 3.12. The SMILES string of the molecule is O=C(Cc1ccccc1F)C1CCN(Cc2c[n+]([O-])ccn2)CC1. The average molecular weight is 329 g/mol. The summed E-state index contributed by atoms with van der Waals surface area (Å²) in [5, 5.41) is 11.3. The van der Waals surface area contributed by atoms with Crippen molar-refractivity contribution in [2.75, 3.05) is 13.1 Å². The van der Waals surface area contributed by atoms with Crippen molar-refractivity contribution in [2.45, 2.75) is 25.8 Å². The van der Waals surface area contributed by atoms with Gasteiger partial charge in [-0.25, -0.2) is 9.37 Å². The third-order valence-corrected chi connectivity index (χ3v) is 4.48. The van der Waals surface area contributed by atoms with Gasteiger partial charge in [-0.15, -0.1) is 0 Å². The second-order valence-electron chi connectivity index (χ2n) is 6.19. The van der Waals surface area contributed by atoms with Crippen molar-refractivity contribution >= 4 is 5.78 Å². The molecule has 6 heteroatoms. The Morgan fingerprint density at radius 1 is 1.33 bits per heavy atom. The number of carbonyl (C=O) groups excluding carboxylic acids is 1. The fourth-order valence-corrected chi connectivity index (χ4v) is 3.12. The number of benzene rings is 1. The standard InChI is InChI=1S/C18H20FN3O2/c19-17-4-2-1-3-15(17)11-18(23)14-5-8-21(9-6-14)12-16-13-22(24)10-7-20-16/h1-4,7,10,13-14H,5-6,8-9,11-12H2. The Bertz CT molecular complexity index is 715. The zero-order valence-electron chi connectivity index (χ0n) is 13.4. The molecule has 0 atom stereocenters. The molecule has 1 aliphatic rings. The summed E-state index contributed by atoms with van der Waals surface area (Å²) in [4.78, 5) is 18.8. The van der Waals surface area contributed by atoms with Crippen LogP contribution in [0.4, 0.5) is 4.39 Å². The Hall–Kier alpha value is -2.34. The molecule has 0 bridgehead atoms. The van der Waals surface area contributed by atoms with Crippen LogP contribution in [0.5, 0.6) is 0 Å². The van der Waals surface area contributed by atoms with E-state index in [2.05, 4.69) is 9.88 Å². The van der Waals surface area contributed by atoms with Crippen LogP contribution in [0, 0.1) is 16.9 Å². The first kappa shape index (κ1) is 16.5. The first-order valence-corrected chi connectivity index (χ1v) is 8.14. The number of halogens is 1. The summed E-state index contributed by atoms with van der Waals surface area (Å²) in [5.74, 6) is -0.228. The minimum Gasteiger partial charge on any atom is -0.619 e. The molecule has 0 saturated carbocycles. The van der Waals surface area contributed by atoms with Crippen molar-refractivity contribution in [3.63, 3.8) is 0 Å². The van der Waals surface area contributed by atoms with Gasteiger partial charge in [-0.05, 0) is 37.6 Å². The lowest BCUT2D eigenvalue weighted by atomic mass is 9.89. The van der Waals surface area contributed by atoms with Crippen molar-refractivity contribution in [2.24, 2.45) is 5.92 Å². The second-order valence-corrected chi connectivity index (χ2v) is 6.19. The molecule has 24 heavy (non-hydrogen) atoms. The number of nitrogens with zero attached hydrogens (tertiary/aromatic N) is 3. The Morgan fingerprint density at radius 2 is 2.08 bits per heavy atom. The molecule has 2 heterocycles. The quantitative estimate of drug-likeness (QED) is 0.621. The third kappa shape index (κ3) is 4.14. The van der Waals surface area contributed by atoms with Crippen molar-refractivity contribution in [1.29, 1.82) is 0 Å². The summed E-state index contributed by atoms with van der Waals surface area (Å²) >= 11 is 0. The molecule has 1 aromatic heterocycles. The molecule has 126 valence electrons. The number of likely N-dealkylation sites (tertiary alicyclic amines) is 1. The van der Waals surface area contributed by atoms with Gasteiger partial charge in [0.15, 0.2) is 6.20 Å². The minimum absolute atomic E-state index is 0.0194. The van der Waals surface area contributed by atoms with Crippen LogP contribution < -0.4 is 4.73 Å². The highest BCUT2D eigenvalue weighted by molar-refractivity contribution is 5.83. The maximum atomic E-state index is 13.7. The topological polar surface area (TPSA) is 60.1 Å². The van der Waals surface area contributed by atoms with E-state index in [9.17, 15) is 14.4 Å². The van der Waals surface area contributed by atoms with Crippen LogP contribution in [0.15, 0.2) is 42.9 Å². The predicted octanol–water partition coefficient (Wildman–Crippen LogP) is 1.88. The van der Waals surface area contributed by atoms with Gasteiger partial charge in [-0.2, -0.15) is 4.73 Å². The van der Waals surface area contributed by atoms with Crippen molar-refractivity contribution < 1.29 is 13.9 Å². The first-order valence-electron chi connectivity index (χ1n) is 8.14. The second kappa shape index (κ2) is 7.49. The maximum Gasteiger partial charge on any atom is 0.203 e. The first-order chi connectivity index (χ1) is 11.6. The highest BCUT2D eigenvalue weighted by Gasteiger charge is 2.25. The van der Waals surface area contributed by atoms with E-state index in [1.165, 1.54) is 24.7 Å². The Kier molecular flexibility index (Phi) is 5.15. The summed E-state index contributed by atoms with van der Waals surface area (Å²) in [5.41, 5.74) is 1.20. The molecule has 5 nitrogen and oxygen atoms in total. The molecule has 0 aliphatic carbocycles. The van der Waals surface area contributed by atoms with E-state index >= 15 is 0 Å². The van der Waals surface area contributed by atoms with E-state index in [1.54, 1.807) is 18.2 Å². The highest BCUT2D eigenvalue weighted by Crippen LogP contribution is 2.21. The predicted molar refractivity (Wildman–Crippen MR) is 86.3 cm³/mol. The van der Waals surface area contributed by atoms with Crippen molar-refractivity contribution in [3.8, 4) is 0 Å². The lowest BCUT2D eigenvalue weighted by Crippen LogP contribution is -2.37. The van der Waals surface area contributed by atoms with E-state index < -0.39 is 0 Å². The van der Waals surface area contributed by atoms with E-state index in [0.29, 0.717) is 12.1 Å². The molecule has 0 spiro atoms. The van der Waals surface area contributed by atoms with Gasteiger partial charge in [-0.3, -0.25) is 9.69 Å². The van der Waals surface area contributed by atoms with Crippen LogP contribution in [-0.4, -0.2) is 28.8 Å². The zero-order chi connectivity index (χ0) is 16.9. The number of piperidine rings is 1. The highest BCUT2D eigenvalue weighted by atomic mass is 19.1. The summed E-state index contributed by atoms with van der Waals surface area (Å²) in [6.07, 6.45) is 6.00. The zero-order valence-corrected chi connectivity index (χ0v) is 13.4. The molecule has 1 fully saturated rings. The summed E-state index contributed by atoms with van der Waals surface area (Å²) in [6.45, 7) is 2.17. The Balaban J connectivity index is 1.51. The van der Waals surface area contributed by atoms with Crippen LogP contribution in [0.25, 0.3) is 0 Å². The Labute approximate surface area is 140 Å². The van der Waals surface area contributed by atoms with Gasteiger partial charge in [0.1, 0.15) is 17.3 Å². The molecule has 0 radical (unpaired) electrons. The number of carbonyl (C=O) groups is 1. The molecule has 1 aliphatic heterocycles. The van der Waals surface area contributed by atoms with Gasteiger partial charge in [0.05, 0.1) is 6.20 Å². The summed E-state index contributed by atoms with van der Waals surface area (Å²) in [7, 11) is 0. The molecular formula is C18H20FN3O2. The average Bonchev–Trinajstić information content (AvgIpc) is 2.57. The maximum absolute atomic E-state index is 13.7. The molecular weight excluding hydrogens is 309 g/mol. The van der Waals surface area contributed by atoms with Gasteiger partial charge in [0.25, 0.3) is 0 Å². The smallest absolute Gasteiger partial charge is 0.203 e. The van der Waals surface area contributed by atoms with Crippen LogP contribution in [0.1, 0.15) is 24.1 Å². The molecule has 3 rings (SSSR count). The summed E-state index contributed by atoms with van der Waals surface area (Å²) < 4.78 is 14.4. The van der Waals surface area contributed by atoms with Gasteiger partial charge >= 0.3 is 0 Å². The Morgan fingerprint density at radius 3 is 2.79 bits per heavy atom. The van der Waals surface area contributed by atoms with Gasteiger partial charge in [-0.1, -0.05) is 18.2 Å².